The Labute approximate surface area is 127 Å². The normalized spacial score (nSPS) is 16.2. The van der Waals surface area contributed by atoms with E-state index in [9.17, 15) is 4.39 Å². The summed E-state index contributed by atoms with van der Waals surface area (Å²) in [6, 6.07) is 6.33. The van der Waals surface area contributed by atoms with Crippen LogP contribution in [0.25, 0.3) is 5.69 Å². The zero-order chi connectivity index (χ0) is 14.5. The van der Waals surface area contributed by atoms with Crippen LogP contribution in [0.1, 0.15) is 19.3 Å². The van der Waals surface area contributed by atoms with Crippen molar-refractivity contribution in [2.45, 2.75) is 24.4 Å². The average Bonchev–Trinajstić information content (AvgIpc) is 2.97. The Balaban J connectivity index is 1.60. The molecule has 1 saturated heterocycles. The maximum absolute atomic E-state index is 13.3. The standard InChI is InChI=1S/C14H18FN5S/c15-12-5-4-6-13(11-12)20-14(16-17-18-20)21-10-9-19-7-2-1-3-8-19/h4-6,11H,1-3,7-10H2/p+1. The van der Waals surface area contributed by atoms with E-state index in [0.29, 0.717) is 5.69 Å². The summed E-state index contributed by atoms with van der Waals surface area (Å²) >= 11 is 1.63. The molecule has 1 N–H and O–H groups in total. The number of piperidine rings is 1. The minimum atomic E-state index is -0.281. The van der Waals surface area contributed by atoms with Crippen molar-refractivity contribution in [1.29, 1.82) is 0 Å². The maximum atomic E-state index is 13.3. The summed E-state index contributed by atoms with van der Waals surface area (Å²) in [7, 11) is 0. The Hall–Kier alpha value is -1.47. The van der Waals surface area contributed by atoms with Crippen LogP contribution in [0.3, 0.4) is 0 Å². The van der Waals surface area contributed by atoms with E-state index in [0.717, 1.165) is 17.5 Å². The lowest BCUT2D eigenvalue weighted by atomic mass is 10.1. The predicted molar refractivity (Wildman–Crippen MR) is 79.3 cm³/mol. The van der Waals surface area contributed by atoms with Crippen LogP contribution in [0.15, 0.2) is 29.4 Å². The van der Waals surface area contributed by atoms with Crippen molar-refractivity contribution in [2.75, 3.05) is 25.4 Å². The van der Waals surface area contributed by atoms with E-state index in [-0.39, 0.29) is 5.82 Å². The van der Waals surface area contributed by atoms with E-state index < -0.39 is 0 Å². The smallest absolute Gasteiger partial charge is 0.214 e. The van der Waals surface area contributed by atoms with Crippen molar-refractivity contribution < 1.29 is 9.29 Å². The quantitative estimate of drug-likeness (QED) is 0.836. The molecule has 0 amide bonds. The third-order valence-electron chi connectivity index (χ3n) is 3.74. The number of rotatable bonds is 5. The fourth-order valence-electron chi connectivity index (χ4n) is 2.63. The van der Waals surface area contributed by atoms with E-state index >= 15 is 0 Å². The minimum Gasteiger partial charge on any atom is -0.334 e. The summed E-state index contributed by atoms with van der Waals surface area (Å²) in [5.74, 6) is 0.696. The molecule has 0 aliphatic carbocycles. The third kappa shape index (κ3) is 3.79. The Bertz CT molecular complexity index is 582. The fourth-order valence-corrected chi connectivity index (χ4v) is 3.56. The molecule has 21 heavy (non-hydrogen) atoms. The van der Waals surface area contributed by atoms with E-state index in [4.69, 9.17) is 0 Å². The molecule has 1 aliphatic heterocycles. The van der Waals surface area contributed by atoms with Gasteiger partial charge in [-0.15, -0.1) is 5.10 Å². The van der Waals surface area contributed by atoms with Gasteiger partial charge in [0.1, 0.15) is 5.82 Å². The molecule has 7 heteroatoms. The molecule has 0 atom stereocenters. The van der Waals surface area contributed by atoms with Crippen LogP contribution < -0.4 is 4.90 Å². The van der Waals surface area contributed by atoms with Gasteiger partial charge in [0.15, 0.2) is 0 Å². The lowest BCUT2D eigenvalue weighted by Gasteiger charge is -2.23. The largest absolute Gasteiger partial charge is 0.334 e. The monoisotopic (exact) mass is 308 g/mol. The number of nitrogens with one attached hydrogen (secondary N) is 1. The molecule has 2 aromatic rings. The average molecular weight is 308 g/mol. The van der Waals surface area contributed by atoms with Crippen molar-refractivity contribution in [3.63, 3.8) is 0 Å². The van der Waals surface area contributed by atoms with Crippen LogP contribution >= 0.6 is 11.8 Å². The van der Waals surface area contributed by atoms with Gasteiger partial charge in [-0.1, -0.05) is 17.8 Å². The van der Waals surface area contributed by atoms with E-state index in [2.05, 4.69) is 15.5 Å². The minimum absolute atomic E-state index is 0.281. The fraction of sp³-hybridized carbons (Fsp3) is 0.500. The number of nitrogens with zero attached hydrogens (tertiary/aromatic N) is 4. The Morgan fingerprint density at radius 1 is 1.24 bits per heavy atom. The van der Waals surface area contributed by atoms with Gasteiger partial charge in [-0.2, -0.15) is 4.68 Å². The van der Waals surface area contributed by atoms with E-state index in [1.807, 2.05) is 0 Å². The Kier molecular flexibility index (Phi) is 4.82. The molecule has 2 heterocycles. The summed E-state index contributed by atoms with van der Waals surface area (Å²) in [6.07, 6.45) is 4.04. The first-order chi connectivity index (χ1) is 10.3. The summed E-state index contributed by atoms with van der Waals surface area (Å²) in [5, 5.41) is 12.4. The highest BCUT2D eigenvalue weighted by atomic mass is 32.2. The number of hydrogen-bond donors (Lipinski definition) is 1. The molecule has 0 radical (unpaired) electrons. The lowest BCUT2D eigenvalue weighted by molar-refractivity contribution is -0.902. The number of quaternary nitrogens is 1. The zero-order valence-electron chi connectivity index (χ0n) is 11.8. The van der Waals surface area contributed by atoms with Crippen molar-refractivity contribution >= 4 is 11.8 Å². The number of aromatic nitrogens is 4. The van der Waals surface area contributed by atoms with Gasteiger partial charge >= 0.3 is 0 Å². The second-order valence-electron chi connectivity index (χ2n) is 5.26. The highest BCUT2D eigenvalue weighted by molar-refractivity contribution is 7.99. The van der Waals surface area contributed by atoms with Gasteiger partial charge in [-0.25, -0.2) is 4.39 Å². The molecule has 5 nitrogen and oxygen atoms in total. The summed E-state index contributed by atoms with van der Waals surface area (Å²) < 4.78 is 14.9. The van der Waals surface area contributed by atoms with Crippen LogP contribution in [-0.4, -0.2) is 45.6 Å². The molecule has 112 valence electrons. The zero-order valence-corrected chi connectivity index (χ0v) is 12.7. The van der Waals surface area contributed by atoms with Crippen molar-refractivity contribution in [2.24, 2.45) is 0 Å². The molecule has 1 aliphatic rings. The lowest BCUT2D eigenvalue weighted by Crippen LogP contribution is -3.13. The topological polar surface area (TPSA) is 48.0 Å². The molecule has 0 unspecified atom stereocenters. The van der Waals surface area contributed by atoms with Crippen molar-refractivity contribution in [1.82, 2.24) is 20.2 Å². The molecule has 0 saturated carbocycles. The molecule has 0 bridgehead atoms. The number of hydrogen-bond acceptors (Lipinski definition) is 4. The molecule has 1 aromatic carbocycles. The predicted octanol–water partition coefficient (Wildman–Crippen LogP) is 0.962. The van der Waals surface area contributed by atoms with Gasteiger partial charge < -0.3 is 4.90 Å². The van der Waals surface area contributed by atoms with Gasteiger partial charge in [0, 0.05) is 0 Å². The number of benzene rings is 1. The summed E-state index contributed by atoms with van der Waals surface area (Å²) in [4.78, 5) is 1.67. The first-order valence-electron chi connectivity index (χ1n) is 7.33. The first kappa shape index (κ1) is 14.5. The van der Waals surface area contributed by atoms with Gasteiger partial charge in [0.05, 0.1) is 31.1 Å². The SMILES string of the molecule is Fc1cccc(-n2nnnc2SCC[NH+]2CCCCC2)c1. The molecule has 0 spiro atoms. The van der Waals surface area contributed by atoms with Crippen LogP contribution in [0, 0.1) is 5.82 Å². The third-order valence-corrected chi connectivity index (χ3v) is 4.66. The van der Waals surface area contributed by atoms with Gasteiger partial charge in [-0.05, 0) is 47.9 Å². The highest BCUT2D eigenvalue weighted by Gasteiger charge is 2.15. The number of tetrazole rings is 1. The number of thioether (sulfide) groups is 1. The van der Waals surface area contributed by atoms with Gasteiger partial charge in [0.2, 0.25) is 5.16 Å². The van der Waals surface area contributed by atoms with Crippen LogP contribution in [0.2, 0.25) is 0 Å². The number of halogens is 1. The summed E-state index contributed by atoms with van der Waals surface area (Å²) in [5.41, 5.74) is 0.660. The molecule has 1 aromatic heterocycles. The van der Waals surface area contributed by atoms with Crippen LogP contribution in [0.4, 0.5) is 4.39 Å². The molecular weight excluding hydrogens is 289 g/mol. The van der Waals surface area contributed by atoms with Crippen molar-refractivity contribution in [3.05, 3.63) is 30.1 Å². The molecule has 1 fully saturated rings. The molecule has 3 rings (SSSR count). The maximum Gasteiger partial charge on any atom is 0.214 e. The van der Waals surface area contributed by atoms with Gasteiger partial charge in [0.25, 0.3) is 0 Å². The second kappa shape index (κ2) is 7.00. The Morgan fingerprint density at radius 2 is 2.10 bits per heavy atom. The number of likely N-dealkylation sites (tertiary alicyclic amines) is 1. The van der Waals surface area contributed by atoms with E-state index in [1.165, 1.54) is 44.5 Å². The summed E-state index contributed by atoms with van der Waals surface area (Å²) in [6.45, 7) is 3.67. The van der Waals surface area contributed by atoms with Crippen molar-refractivity contribution in [3.8, 4) is 5.69 Å². The highest BCUT2D eigenvalue weighted by Crippen LogP contribution is 2.17. The molecular formula is C14H19FN5S+. The van der Waals surface area contributed by atoms with Crippen LogP contribution in [-0.2, 0) is 0 Å². The van der Waals surface area contributed by atoms with E-state index in [1.54, 1.807) is 33.5 Å². The van der Waals surface area contributed by atoms with Gasteiger partial charge in [-0.3, -0.25) is 0 Å². The first-order valence-corrected chi connectivity index (χ1v) is 8.32. The Morgan fingerprint density at radius 3 is 2.90 bits per heavy atom. The second-order valence-corrected chi connectivity index (χ2v) is 6.32. The van der Waals surface area contributed by atoms with Crippen LogP contribution in [0.5, 0.6) is 0 Å².